The Morgan fingerprint density at radius 2 is 1.65 bits per heavy atom. The minimum Gasteiger partial charge on any atom is -0.488 e. The van der Waals surface area contributed by atoms with Gasteiger partial charge in [-0.25, -0.2) is 5.43 Å². The number of hydrogen-bond donors (Lipinski definition) is 2. The smallest absolute Gasteiger partial charge is 0.249 e. The van der Waals surface area contributed by atoms with Crippen molar-refractivity contribution in [2.75, 3.05) is 5.32 Å². The van der Waals surface area contributed by atoms with Crippen LogP contribution in [0.5, 0.6) is 5.75 Å². The molecule has 2 amide bonds. The molecule has 0 heterocycles. The molecule has 0 spiro atoms. The fourth-order valence-electron chi connectivity index (χ4n) is 2.93. The number of nitrogens with zero attached hydrogens (tertiary/aromatic N) is 1. The Hall–Kier alpha value is -3.06. The largest absolute Gasteiger partial charge is 0.488 e. The molecule has 0 bridgehead atoms. The SMILES string of the molecule is Cc1ccc(NC(=O)CC(=O)NN=Cc2cc(Cl)ccc2OCc2ccc(Cl)cc2Cl)cc1C. The average Bonchev–Trinajstić information content (AvgIpc) is 2.76. The number of nitrogens with one attached hydrogen (secondary N) is 2. The van der Waals surface area contributed by atoms with E-state index in [1.165, 1.54) is 6.21 Å². The predicted molar refractivity (Wildman–Crippen MR) is 137 cm³/mol. The zero-order chi connectivity index (χ0) is 24.7. The summed E-state index contributed by atoms with van der Waals surface area (Å²) in [6.07, 6.45) is 1.02. The summed E-state index contributed by atoms with van der Waals surface area (Å²) in [7, 11) is 0. The molecule has 0 aliphatic carbocycles. The van der Waals surface area contributed by atoms with Gasteiger partial charge >= 0.3 is 0 Å². The minimum atomic E-state index is -0.560. The highest BCUT2D eigenvalue weighted by Gasteiger charge is 2.10. The lowest BCUT2D eigenvalue weighted by atomic mass is 10.1. The van der Waals surface area contributed by atoms with Gasteiger partial charge in [0.05, 0.1) is 6.21 Å². The lowest BCUT2D eigenvalue weighted by Gasteiger charge is -2.11. The normalized spacial score (nSPS) is 10.9. The summed E-state index contributed by atoms with van der Waals surface area (Å²) in [6.45, 7) is 4.13. The number of rotatable bonds is 8. The summed E-state index contributed by atoms with van der Waals surface area (Å²) in [5, 5.41) is 8.12. The second-order valence-corrected chi connectivity index (χ2v) is 8.80. The highest BCUT2D eigenvalue weighted by atomic mass is 35.5. The topological polar surface area (TPSA) is 79.8 Å². The van der Waals surface area contributed by atoms with Gasteiger partial charge in [-0.3, -0.25) is 9.59 Å². The van der Waals surface area contributed by atoms with Crippen molar-refractivity contribution in [3.63, 3.8) is 0 Å². The molecular weight excluding hydrogens is 497 g/mol. The first-order valence-electron chi connectivity index (χ1n) is 10.3. The third kappa shape index (κ3) is 7.48. The van der Waals surface area contributed by atoms with Gasteiger partial charge in [0.15, 0.2) is 0 Å². The predicted octanol–water partition coefficient (Wildman–Crippen LogP) is 6.32. The number of ether oxygens (including phenoxy) is 1. The zero-order valence-electron chi connectivity index (χ0n) is 18.5. The first-order valence-corrected chi connectivity index (χ1v) is 11.4. The van der Waals surface area contributed by atoms with E-state index >= 15 is 0 Å². The van der Waals surface area contributed by atoms with Crippen LogP contribution in [0.3, 0.4) is 0 Å². The van der Waals surface area contributed by atoms with Crippen molar-refractivity contribution in [1.29, 1.82) is 0 Å². The van der Waals surface area contributed by atoms with Gasteiger partial charge in [-0.05, 0) is 67.4 Å². The molecule has 9 heteroatoms. The standard InChI is InChI=1S/C25H22Cl3N3O3/c1-15-3-7-21(9-16(15)2)30-24(32)12-25(33)31-29-13-18-10-19(26)6-8-23(18)34-14-17-4-5-20(27)11-22(17)28/h3-11,13H,12,14H2,1-2H3,(H,30,32)(H,31,33). The second-order valence-electron chi connectivity index (χ2n) is 7.52. The molecule has 3 aromatic carbocycles. The Morgan fingerprint density at radius 3 is 2.38 bits per heavy atom. The zero-order valence-corrected chi connectivity index (χ0v) is 20.8. The summed E-state index contributed by atoms with van der Waals surface area (Å²) in [5.74, 6) is -0.515. The molecule has 0 saturated carbocycles. The number of aryl methyl sites for hydroxylation is 2. The van der Waals surface area contributed by atoms with Crippen molar-refractivity contribution in [1.82, 2.24) is 5.43 Å². The molecule has 0 aliphatic rings. The van der Waals surface area contributed by atoms with Gasteiger partial charge in [0.25, 0.3) is 0 Å². The van der Waals surface area contributed by atoms with E-state index in [0.29, 0.717) is 32.1 Å². The van der Waals surface area contributed by atoms with Gasteiger partial charge in [0, 0.05) is 31.9 Å². The molecule has 0 atom stereocenters. The van der Waals surface area contributed by atoms with Crippen molar-refractivity contribution >= 4 is 58.5 Å². The van der Waals surface area contributed by atoms with Crippen molar-refractivity contribution in [2.45, 2.75) is 26.9 Å². The van der Waals surface area contributed by atoms with Crippen molar-refractivity contribution in [3.8, 4) is 5.75 Å². The maximum atomic E-state index is 12.1. The minimum absolute atomic E-state index is 0.198. The first-order chi connectivity index (χ1) is 16.2. The highest BCUT2D eigenvalue weighted by molar-refractivity contribution is 6.35. The molecule has 0 aliphatic heterocycles. The Labute approximate surface area is 212 Å². The van der Waals surface area contributed by atoms with Crippen LogP contribution in [0.15, 0.2) is 59.7 Å². The van der Waals surface area contributed by atoms with Crippen LogP contribution < -0.4 is 15.5 Å². The van der Waals surface area contributed by atoms with Crippen LogP contribution in [-0.2, 0) is 16.2 Å². The number of benzene rings is 3. The number of halogens is 3. The highest BCUT2D eigenvalue weighted by Crippen LogP contribution is 2.25. The molecule has 176 valence electrons. The number of anilines is 1. The van der Waals surface area contributed by atoms with Crippen LogP contribution in [-0.4, -0.2) is 18.0 Å². The molecule has 0 fully saturated rings. The molecule has 3 aromatic rings. The molecule has 0 saturated heterocycles. The monoisotopic (exact) mass is 517 g/mol. The number of carbonyl (C=O) groups excluding carboxylic acids is 2. The van der Waals surface area contributed by atoms with Crippen LogP contribution in [0.4, 0.5) is 5.69 Å². The molecular formula is C25H22Cl3N3O3. The fourth-order valence-corrected chi connectivity index (χ4v) is 3.57. The summed E-state index contributed by atoms with van der Waals surface area (Å²) >= 11 is 18.2. The molecule has 3 rings (SSSR count). The Kier molecular flexibility index (Phi) is 8.93. The van der Waals surface area contributed by atoms with Gasteiger partial charge in [-0.1, -0.05) is 46.9 Å². The van der Waals surface area contributed by atoms with Crippen LogP contribution in [0.2, 0.25) is 15.1 Å². The summed E-state index contributed by atoms with van der Waals surface area (Å²) in [5.41, 5.74) is 6.43. The van der Waals surface area contributed by atoms with Gasteiger partial charge in [-0.2, -0.15) is 5.10 Å². The van der Waals surface area contributed by atoms with E-state index in [4.69, 9.17) is 39.5 Å². The van der Waals surface area contributed by atoms with E-state index in [1.807, 2.05) is 26.0 Å². The first kappa shape index (κ1) is 25.6. The quantitative estimate of drug-likeness (QED) is 0.208. The van der Waals surface area contributed by atoms with Crippen molar-refractivity contribution < 1.29 is 14.3 Å². The van der Waals surface area contributed by atoms with Gasteiger partial charge in [-0.15, -0.1) is 0 Å². The van der Waals surface area contributed by atoms with E-state index in [2.05, 4.69) is 15.8 Å². The summed E-state index contributed by atoms with van der Waals surface area (Å²) < 4.78 is 5.85. The molecule has 2 N–H and O–H groups in total. The van der Waals surface area contributed by atoms with E-state index in [1.54, 1.807) is 42.5 Å². The number of amides is 2. The molecule has 6 nitrogen and oxygen atoms in total. The van der Waals surface area contributed by atoms with Crippen LogP contribution in [0.1, 0.15) is 28.7 Å². The second kappa shape index (κ2) is 11.9. The summed E-state index contributed by atoms with van der Waals surface area (Å²) in [6, 6.07) is 15.7. The summed E-state index contributed by atoms with van der Waals surface area (Å²) in [4.78, 5) is 24.3. The van der Waals surface area contributed by atoms with Crippen LogP contribution in [0, 0.1) is 13.8 Å². The van der Waals surface area contributed by atoms with Gasteiger partial charge in [0.2, 0.25) is 11.8 Å². The molecule has 34 heavy (non-hydrogen) atoms. The lowest BCUT2D eigenvalue weighted by Crippen LogP contribution is -2.24. The van der Waals surface area contributed by atoms with Crippen LogP contribution >= 0.6 is 34.8 Å². The van der Waals surface area contributed by atoms with E-state index in [-0.39, 0.29) is 13.0 Å². The fraction of sp³-hybridized carbons (Fsp3) is 0.160. The maximum Gasteiger partial charge on any atom is 0.249 e. The molecule has 0 unspecified atom stereocenters. The lowest BCUT2D eigenvalue weighted by molar-refractivity contribution is -0.126. The van der Waals surface area contributed by atoms with Crippen molar-refractivity contribution in [2.24, 2.45) is 5.10 Å². The van der Waals surface area contributed by atoms with Crippen molar-refractivity contribution in [3.05, 3.63) is 91.9 Å². The number of hydrazone groups is 1. The third-order valence-corrected chi connectivity index (χ3v) is 5.70. The number of carbonyl (C=O) groups is 2. The van der Waals surface area contributed by atoms with Gasteiger partial charge in [0.1, 0.15) is 18.8 Å². The third-order valence-electron chi connectivity index (χ3n) is 4.87. The van der Waals surface area contributed by atoms with E-state index in [0.717, 1.165) is 16.7 Å². The molecule has 0 radical (unpaired) electrons. The van der Waals surface area contributed by atoms with Crippen LogP contribution in [0.25, 0.3) is 0 Å². The Bertz CT molecular complexity index is 1250. The van der Waals surface area contributed by atoms with E-state index in [9.17, 15) is 9.59 Å². The Balaban J connectivity index is 1.57. The van der Waals surface area contributed by atoms with Gasteiger partial charge < -0.3 is 10.1 Å². The Morgan fingerprint density at radius 1 is 0.912 bits per heavy atom. The average molecular weight is 519 g/mol. The number of hydrogen-bond acceptors (Lipinski definition) is 4. The molecule has 0 aromatic heterocycles. The van der Waals surface area contributed by atoms with E-state index < -0.39 is 11.8 Å². The maximum absolute atomic E-state index is 12.1.